The van der Waals surface area contributed by atoms with E-state index in [9.17, 15) is 0 Å². The summed E-state index contributed by atoms with van der Waals surface area (Å²) in [6.07, 6.45) is 3.78. The Morgan fingerprint density at radius 2 is 2.14 bits per heavy atom. The molecule has 154 valence electrons. The number of fused-ring (bicyclic) bond motifs is 3. The fourth-order valence-electron chi connectivity index (χ4n) is 3.91. The lowest BCUT2D eigenvalue weighted by Crippen LogP contribution is -2.27. The fraction of sp³-hybridized carbons (Fsp3) is 0.400. The van der Waals surface area contributed by atoms with E-state index >= 15 is 0 Å². The van der Waals surface area contributed by atoms with Crippen LogP contribution in [0.4, 0.5) is 0 Å². The number of nitrogens with two attached hydrogens (primary N) is 2. The van der Waals surface area contributed by atoms with E-state index in [0.29, 0.717) is 16.8 Å². The van der Waals surface area contributed by atoms with Gasteiger partial charge in [0.05, 0.1) is 18.1 Å². The molecule has 0 unspecified atom stereocenters. The molecule has 0 spiro atoms. The molecule has 4 N–H and O–H groups in total. The van der Waals surface area contributed by atoms with Gasteiger partial charge in [-0.1, -0.05) is 11.6 Å². The van der Waals surface area contributed by atoms with E-state index in [2.05, 4.69) is 9.55 Å². The zero-order valence-electron chi connectivity index (χ0n) is 16.6. The average molecular weight is 417 g/mol. The first-order chi connectivity index (χ1) is 14.0. The Balaban J connectivity index is 1.92. The third-order valence-electron chi connectivity index (χ3n) is 5.37. The molecule has 0 amide bonds. The highest BCUT2D eigenvalue weighted by Crippen LogP contribution is 2.32. The lowest BCUT2D eigenvalue weighted by Gasteiger charge is -2.23. The van der Waals surface area contributed by atoms with Gasteiger partial charge >= 0.3 is 0 Å². The molecule has 3 aromatic rings. The number of ether oxygens (including phenoxy) is 2. The lowest BCUT2D eigenvalue weighted by molar-refractivity contribution is 0.0619. The molecule has 4 heterocycles. The Kier molecular flexibility index (Phi) is 5.49. The molecule has 1 aliphatic heterocycles. The molecule has 0 aliphatic carbocycles. The van der Waals surface area contributed by atoms with Crippen LogP contribution in [0.2, 0.25) is 5.15 Å². The van der Waals surface area contributed by atoms with Gasteiger partial charge in [0, 0.05) is 44.0 Å². The monoisotopic (exact) mass is 416 g/mol. The molecular formula is C20H25ClN6O2. The van der Waals surface area contributed by atoms with Crippen LogP contribution in [-0.4, -0.2) is 46.9 Å². The lowest BCUT2D eigenvalue weighted by atomic mass is 10.0. The van der Waals surface area contributed by atoms with Gasteiger partial charge < -0.3 is 24.8 Å². The first-order valence-corrected chi connectivity index (χ1v) is 9.92. The second kappa shape index (κ2) is 8.06. The number of hydrazine groups is 1. The molecule has 0 saturated carbocycles. The van der Waals surface area contributed by atoms with Crippen LogP contribution in [0.5, 0.6) is 0 Å². The molecule has 1 saturated heterocycles. The second-order valence-corrected chi connectivity index (χ2v) is 7.68. The first-order valence-electron chi connectivity index (χ1n) is 9.54. The van der Waals surface area contributed by atoms with E-state index in [0.717, 1.165) is 60.2 Å². The minimum Gasteiger partial charge on any atom is -0.481 e. The second-order valence-electron chi connectivity index (χ2n) is 7.29. The van der Waals surface area contributed by atoms with Gasteiger partial charge in [-0.25, -0.2) is 10.8 Å². The molecule has 1 fully saturated rings. The highest BCUT2D eigenvalue weighted by Gasteiger charge is 2.21. The summed E-state index contributed by atoms with van der Waals surface area (Å²) in [6.45, 7) is 2.39. The number of nitrogens with zero attached hydrogens (tertiary/aromatic N) is 4. The SMILES string of the molecule is CO/C(N)=C(\c1cnc2c3ccc(Cl)nc3n(CC3CCOCC3)c2c1)N(C)N. The maximum atomic E-state index is 6.22. The number of hydrogen-bond donors (Lipinski definition) is 2. The number of pyridine rings is 2. The van der Waals surface area contributed by atoms with Gasteiger partial charge in [0.15, 0.2) is 0 Å². The molecule has 0 aromatic carbocycles. The topological polar surface area (TPSA) is 104 Å². The number of methoxy groups -OCH3 is 1. The molecule has 29 heavy (non-hydrogen) atoms. The van der Waals surface area contributed by atoms with Crippen LogP contribution in [0.1, 0.15) is 18.4 Å². The summed E-state index contributed by atoms with van der Waals surface area (Å²) >= 11 is 6.22. The highest BCUT2D eigenvalue weighted by molar-refractivity contribution is 6.30. The van der Waals surface area contributed by atoms with E-state index < -0.39 is 0 Å². The van der Waals surface area contributed by atoms with Gasteiger partial charge in [-0.05, 0) is 37.0 Å². The Labute approximate surface area is 174 Å². The zero-order valence-corrected chi connectivity index (χ0v) is 17.3. The summed E-state index contributed by atoms with van der Waals surface area (Å²) in [4.78, 5) is 9.32. The predicted octanol–water partition coefficient (Wildman–Crippen LogP) is 2.70. The largest absolute Gasteiger partial charge is 0.481 e. The standard InChI is InChI=1S/C20H25ClN6O2/c1-26(23)18(19(22)28-2)13-9-15-17(24-10-13)14-3-4-16(21)25-20(14)27(15)11-12-5-7-29-8-6-12/h3-4,9-10,12H,5-8,11,22-23H2,1-2H3/b19-18+. The van der Waals surface area contributed by atoms with E-state index in [1.807, 2.05) is 12.1 Å². The van der Waals surface area contributed by atoms with Crippen LogP contribution < -0.4 is 11.6 Å². The van der Waals surface area contributed by atoms with Crippen molar-refractivity contribution in [2.45, 2.75) is 19.4 Å². The highest BCUT2D eigenvalue weighted by atomic mass is 35.5. The van der Waals surface area contributed by atoms with Gasteiger partial charge in [-0.3, -0.25) is 4.98 Å². The summed E-state index contributed by atoms with van der Waals surface area (Å²) in [5.41, 5.74) is 10.0. The van der Waals surface area contributed by atoms with Gasteiger partial charge in [0.25, 0.3) is 0 Å². The summed E-state index contributed by atoms with van der Waals surface area (Å²) < 4.78 is 12.9. The van der Waals surface area contributed by atoms with Crippen LogP contribution in [0.15, 0.2) is 30.3 Å². The quantitative estimate of drug-likeness (QED) is 0.285. The van der Waals surface area contributed by atoms with Crippen molar-refractivity contribution in [3.8, 4) is 0 Å². The molecule has 3 aromatic heterocycles. The number of hydrogen-bond acceptors (Lipinski definition) is 7. The third kappa shape index (κ3) is 3.71. The van der Waals surface area contributed by atoms with E-state index in [1.54, 1.807) is 19.3 Å². The van der Waals surface area contributed by atoms with Crippen molar-refractivity contribution in [3.05, 3.63) is 41.0 Å². The van der Waals surface area contributed by atoms with Gasteiger partial charge in [0.2, 0.25) is 5.88 Å². The summed E-state index contributed by atoms with van der Waals surface area (Å²) in [6, 6.07) is 5.79. The minimum atomic E-state index is 0.226. The molecule has 9 heteroatoms. The Hall–Kier alpha value is -2.55. The van der Waals surface area contributed by atoms with Gasteiger partial charge in [0.1, 0.15) is 16.5 Å². The van der Waals surface area contributed by atoms with Gasteiger partial charge in [-0.2, -0.15) is 0 Å². The van der Waals surface area contributed by atoms with Crippen molar-refractivity contribution in [1.82, 2.24) is 19.5 Å². The predicted molar refractivity (Wildman–Crippen MR) is 114 cm³/mol. The van der Waals surface area contributed by atoms with Crippen LogP contribution >= 0.6 is 11.6 Å². The van der Waals surface area contributed by atoms with Crippen LogP contribution in [0.3, 0.4) is 0 Å². The molecule has 0 atom stereocenters. The Bertz CT molecular complexity index is 1070. The van der Waals surface area contributed by atoms with Crippen molar-refractivity contribution >= 4 is 39.4 Å². The maximum Gasteiger partial charge on any atom is 0.210 e. The van der Waals surface area contributed by atoms with Crippen molar-refractivity contribution in [2.75, 3.05) is 27.4 Å². The molecule has 0 bridgehead atoms. The normalized spacial score (nSPS) is 16.3. The molecule has 4 rings (SSSR count). The zero-order chi connectivity index (χ0) is 20.5. The fourth-order valence-corrected chi connectivity index (χ4v) is 4.06. The number of halogens is 1. The van der Waals surface area contributed by atoms with E-state index in [-0.39, 0.29) is 5.88 Å². The van der Waals surface area contributed by atoms with Crippen molar-refractivity contribution in [3.63, 3.8) is 0 Å². The van der Waals surface area contributed by atoms with Crippen LogP contribution in [-0.2, 0) is 16.0 Å². The van der Waals surface area contributed by atoms with Crippen molar-refractivity contribution < 1.29 is 9.47 Å². The van der Waals surface area contributed by atoms with Crippen LogP contribution in [0.25, 0.3) is 27.8 Å². The number of aromatic nitrogens is 3. The maximum absolute atomic E-state index is 6.22. The minimum absolute atomic E-state index is 0.226. The van der Waals surface area contributed by atoms with Crippen molar-refractivity contribution in [2.24, 2.45) is 17.5 Å². The Morgan fingerprint density at radius 1 is 1.38 bits per heavy atom. The van der Waals surface area contributed by atoms with Crippen molar-refractivity contribution in [1.29, 1.82) is 0 Å². The summed E-state index contributed by atoms with van der Waals surface area (Å²) in [7, 11) is 3.23. The van der Waals surface area contributed by atoms with E-state index in [1.165, 1.54) is 12.1 Å². The van der Waals surface area contributed by atoms with E-state index in [4.69, 9.17) is 37.6 Å². The summed E-state index contributed by atoms with van der Waals surface area (Å²) in [5, 5.41) is 2.86. The molecule has 8 nitrogen and oxygen atoms in total. The smallest absolute Gasteiger partial charge is 0.210 e. The molecular weight excluding hydrogens is 392 g/mol. The summed E-state index contributed by atoms with van der Waals surface area (Å²) in [5.74, 6) is 6.74. The van der Waals surface area contributed by atoms with Crippen LogP contribution in [0, 0.1) is 5.92 Å². The molecule has 0 radical (unpaired) electrons. The number of rotatable bonds is 5. The average Bonchev–Trinajstić information content (AvgIpc) is 3.01. The Morgan fingerprint density at radius 3 is 2.83 bits per heavy atom. The third-order valence-corrected chi connectivity index (χ3v) is 5.58. The first kappa shape index (κ1) is 19.8. The molecule has 1 aliphatic rings. The van der Waals surface area contributed by atoms with Gasteiger partial charge in [-0.15, -0.1) is 0 Å².